The topological polar surface area (TPSA) is 26.0 Å². The lowest BCUT2D eigenvalue weighted by Crippen LogP contribution is -2.30. The van der Waals surface area contributed by atoms with E-state index in [1.807, 2.05) is 25.2 Å². The standard InChI is InChI=1S/C41H42FN/c1-28(2)39(4)22-19-31-26-32(17-16-29(3)34(31)20-23-39)41(33(27-42)25-30-11-10-21-40(5,43)24-18-30)37-14-8-6-12-35(37)36-13-7-9-15-38(36)41/h6-10,12-29H,11,43H2,1-5H3/b30-25+,33-27+. The van der Waals surface area contributed by atoms with Crippen molar-refractivity contribution in [3.8, 4) is 11.1 Å². The molecule has 0 aromatic heterocycles. The minimum absolute atomic E-state index is 0.0425. The maximum atomic E-state index is 15.7. The van der Waals surface area contributed by atoms with E-state index in [9.17, 15) is 0 Å². The smallest absolute Gasteiger partial charge is 0.0914 e. The van der Waals surface area contributed by atoms with Crippen molar-refractivity contribution in [2.24, 2.45) is 23.0 Å². The minimum atomic E-state index is -0.839. The van der Waals surface area contributed by atoms with Gasteiger partial charge in [-0.2, -0.15) is 0 Å². The predicted molar refractivity (Wildman–Crippen MR) is 180 cm³/mol. The Hall–Kier alpha value is -4.01. The van der Waals surface area contributed by atoms with E-state index in [1.54, 1.807) is 0 Å². The second-order valence-corrected chi connectivity index (χ2v) is 13.3. The third-order valence-electron chi connectivity index (χ3n) is 9.95. The van der Waals surface area contributed by atoms with Crippen molar-refractivity contribution in [2.45, 2.75) is 52.0 Å². The molecule has 2 aromatic rings. The Morgan fingerprint density at radius 1 is 0.884 bits per heavy atom. The summed E-state index contributed by atoms with van der Waals surface area (Å²) in [5, 5.41) is 0. The van der Waals surface area contributed by atoms with Crippen LogP contribution < -0.4 is 5.73 Å². The molecule has 218 valence electrons. The van der Waals surface area contributed by atoms with Gasteiger partial charge in [-0.1, -0.05) is 143 Å². The summed E-state index contributed by atoms with van der Waals surface area (Å²) in [6.45, 7) is 11.1. The maximum Gasteiger partial charge on any atom is 0.0914 e. The summed E-state index contributed by atoms with van der Waals surface area (Å²) >= 11 is 0. The van der Waals surface area contributed by atoms with Gasteiger partial charge in [0.2, 0.25) is 0 Å². The van der Waals surface area contributed by atoms with Crippen molar-refractivity contribution in [1.29, 1.82) is 0 Å². The van der Waals surface area contributed by atoms with Crippen molar-refractivity contribution >= 4 is 0 Å². The first-order valence-electron chi connectivity index (χ1n) is 15.5. The molecule has 0 spiro atoms. The second kappa shape index (κ2) is 10.9. The van der Waals surface area contributed by atoms with Gasteiger partial charge in [0.15, 0.2) is 0 Å². The molecule has 2 aromatic carbocycles. The summed E-state index contributed by atoms with van der Waals surface area (Å²) < 4.78 is 15.7. The van der Waals surface area contributed by atoms with Gasteiger partial charge in [-0.25, -0.2) is 4.39 Å². The highest BCUT2D eigenvalue weighted by Crippen LogP contribution is 2.58. The Kier molecular flexibility index (Phi) is 7.39. The lowest BCUT2D eigenvalue weighted by Gasteiger charge is -2.35. The van der Waals surface area contributed by atoms with Gasteiger partial charge in [-0.15, -0.1) is 0 Å². The highest BCUT2D eigenvalue weighted by atomic mass is 19.1. The molecule has 0 radical (unpaired) electrons. The van der Waals surface area contributed by atoms with Crippen LogP contribution in [0, 0.1) is 17.3 Å². The Morgan fingerprint density at radius 2 is 1.53 bits per heavy atom. The first-order valence-corrected chi connectivity index (χ1v) is 15.5. The molecule has 4 aliphatic rings. The van der Waals surface area contributed by atoms with Crippen LogP contribution in [0.15, 0.2) is 156 Å². The summed E-state index contributed by atoms with van der Waals surface area (Å²) in [4.78, 5) is 0. The monoisotopic (exact) mass is 567 g/mol. The third kappa shape index (κ3) is 4.92. The average molecular weight is 568 g/mol. The number of hydrogen-bond acceptors (Lipinski definition) is 1. The fourth-order valence-electron chi connectivity index (χ4n) is 6.93. The SMILES string of the molecule is CC1C=CC(C2(C(/C=C3/C=CC(C)(N)C=CC3)=C/F)c3ccccc3-c3ccccc32)=CC2=C1C=CC(C)(C(C)C)C=C2. The molecule has 0 fully saturated rings. The summed E-state index contributed by atoms with van der Waals surface area (Å²) in [5.41, 5.74) is 14.6. The Morgan fingerprint density at radius 3 is 2.19 bits per heavy atom. The molecule has 0 heterocycles. The van der Waals surface area contributed by atoms with Gasteiger partial charge in [0.25, 0.3) is 0 Å². The van der Waals surface area contributed by atoms with Crippen LogP contribution in [0.2, 0.25) is 0 Å². The van der Waals surface area contributed by atoms with Crippen LogP contribution in [0.1, 0.15) is 52.2 Å². The first-order chi connectivity index (χ1) is 20.6. The van der Waals surface area contributed by atoms with Crippen LogP contribution in [0.3, 0.4) is 0 Å². The molecule has 0 amide bonds. The van der Waals surface area contributed by atoms with E-state index in [2.05, 4.69) is 131 Å². The number of nitrogens with two attached hydrogens (primary N) is 1. The van der Waals surface area contributed by atoms with E-state index >= 15 is 4.39 Å². The number of hydrogen-bond donors (Lipinski definition) is 1. The Bertz CT molecular complexity index is 1680. The Labute approximate surface area is 256 Å². The summed E-state index contributed by atoms with van der Waals surface area (Å²) in [7, 11) is 0. The largest absolute Gasteiger partial charge is 0.319 e. The number of halogens is 1. The van der Waals surface area contributed by atoms with Crippen LogP contribution in [0.5, 0.6) is 0 Å². The zero-order chi connectivity index (χ0) is 30.4. The van der Waals surface area contributed by atoms with Gasteiger partial charge in [-0.3, -0.25) is 0 Å². The van der Waals surface area contributed by atoms with E-state index in [-0.39, 0.29) is 11.3 Å². The number of rotatable bonds is 4. The quantitative estimate of drug-likeness (QED) is 0.366. The highest BCUT2D eigenvalue weighted by Gasteiger charge is 2.48. The minimum Gasteiger partial charge on any atom is -0.319 e. The zero-order valence-electron chi connectivity index (χ0n) is 25.9. The fraction of sp³-hybridized carbons (Fsp3) is 0.268. The number of fused-ring (bicyclic) bond motifs is 3. The average Bonchev–Trinajstić information content (AvgIpc) is 3.15. The summed E-state index contributed by atoms with van der Waals surface area (Å²) in [5.74, 6) is 0.666. The fourth-order valence-corrected chi connectivity index (χ4v) is 6.93. The van der Waals surface area contributed by atoms with Crippen molar-refractivity contribution < 1.29 is 4.39 Å². The lowest BCUT2D eigenvalue weighted by atomic mass is 9.66. The molecule has 0 bridgehead atoms. The molecule has 0 aliphatic heterocycles. The van der Waals surface area contributed by atoms with Crippen molar-refractivity contribution in [3.05, 3.63) is 167 Å². The van der Waals surface area contributed by atoms with Gasteiger partial charge in [-0.05, 0) is 75.8 Å². The molecular weight excluding hydrogens is 525 g/mol. The second-order valence-electron chi connectivity index (χ2n) is 13.3. The van der Waals surface area contributed by atoms with Gasteiger partial charge in [0.1, 0.15) is 0 Å². The van der Waals surface area contributed by atoms with Crippen LogP contribution in [-0.2, 0) is 5.41 Å². The number of benzene rings is 2. The van der Waals surface area contributed by atoms with E-state index < -0.39 is 11.0 Å². The van der Waals surface area contributed by atoms with Crippen molar-refractivity contribution in [2.75, 3.05) is 0 Å². The molecule has 0 saturated heterocycles. The normalized spacial score (nSPS) is 28.4. The molecule has 3 unspecified atom stereocenters. The molecule has 3 atom stereocenters. The van der Waals surface area contributed by atoms with Crippen LogP contribution in [-0.4, -0.2) is 5.54 Å². The van der Waals surface area contributed by atoms with E-state index in [0.29, 0.717) is 17.9 Å². The van der Waals surface area contributed by atoms with E-state index in [1.165, 1.54) is 11.1 Å². The molecule has 1 nitrogen and oxygen atoms in total. The maximum absolute atomic E-state index is 15.7. The van der Waals surface area contributed by atoms with Gasteiger partial charge >= 0.3 is 0 Å². The highest BCUT2D eigenvalue weighted by molar-refractivity contribution is 5.87. The van der Waals surface area contributed by atoms with Gasteiger partial charge in [0.05, 0.1) is 11.7 Å². The first kappa shape index (κ1) is 29.1. The van der Waals surface area contributed by atoms with E-state index in [4.69, 9.17) is 5.73 Å². The lowest BCUT2D eigenvalue weighted by molar-refractivity contribution is 0.383. The van der Waals surface area contributed by atoms with Crippen LogP contribution in [0.4, 0.5) is 4.39 Å². The molecule has 0 saturated carbocycles. The predicted octanol–water partition coefficient (Wildman–Crippen LogP) is 10.2. The van der Waals surface area contributed by atoms with E-state index in [0.717, 1.165) is 39.7 Å². The van der Waals surface area contributed by atoms with Crippen molar-refractivity contribution in [1.82, 2.24) is 0 Å². The van der Waals surface area contributed by atoms with Crippen molar-refractivity contribution in [3.63, 3.8) is 0 Å². The van der Waals surface area contributed by atoms with Crippen LogP contribution in [0.25, 0.3) is 11.1 Å². The van der Waals surface area contributed by atoms with Gasteiger partial charge in [0, 0.05) is 16.5 Å². The molecule has 43 heavy (non-hydrogen) atoms. The Balaban J connectivity index is 1.64. The molecule has 2 heteroatoms. The number of allylic oxidation sites excluding steroid dienone is 15. The molecule has 4 aliphatic carbocycles. The third-order valence-corrected chi connectivity index (χ3v) is 9.95. The molecule has 6 rings (SSSR count). The summed E-state index contributed by atoms with van der Waals surface area (Å²) in [6.07, 6.45) is 27.8. The zero-order valence-corrected chi connectivity index (χ0v) is 25.9. The van der Waals surface area contributed by atoms with Gasteiger partial charge < -0.3 is 5.73 Å². The summed E-state index contributed by atoms with van der Waals surface area (Å²) in [6, 6.07) is 17.0. The molecular formula is C41H42FN. The molecule has 2 N–H and O–H groups in total. The van der Waals surface area contributed by atoms with Crippen LogP contribution >= 0.6 is 0 Å².